The minimum atomic E-state index is -0.0260. The molecule has 0 N–H and O–H groups in total. The van der Waals surface area contributed by atoms with Crippen LogP contribution in [0.5, 0.6) is 0 Å². The summed E-state index contributed by atoms with van der Waals surface area (Å²) in [5.74, 6) is 0. The van der Waals surface area contributed by atoms with Crippen LogP contribution in [0.3, 0.4) is 0 Å². The van der Waals surface area contributed by atoms with E-state index in [-0.39, 0.29) is 15.8 Å². The van der Waals surface area contributed by atoms with Crippen molar-refractivity contribution in [1.82, 2.24) is 0 Å². The maximum absolute atomic E-state index is 2.34. The molecule has 0 unspecified atom stereocenters. The summed E-state index contributed by atoms with van der Waals surface area (Å²) in [5, 5.41) is 6.04. The molecule has 2 aromatic rings. The van der Waals surface area contributed by atoms with Gasteiger partial charge in [0, 0.05) is 0 Å². The Labute approximate surface area is 101 Å². The third kappa shape index (κ3) is 2.15. The summed E-state index contributed by atoms with van der Waals surface area (Å²) in [6.45, 7) is 9.37. The first kappa shape index (κ1) is 12.0. The number of fused-ring (bicyclic) bond motifs is 1. The molecule has 2 aromatic carbocycles. The molecule has 0 aliphatic rings. The minimum absolute atomic E-state index is 0.0260. The fraction of sp³-hybridized carbons (Fsp3) is 0.286. The lowest BCUT2D eigenvalue weighted by molar-refractivity contribution is 1.81. The van der Waals surface area contributed by atoms with Gasteiger partial charge in [-0.2, -0.15) is 0 Å². The van der Waals surface area contributed by atoms with Crippen LogP contribution < -0.4 is 10.6 Å². The van der Waals surface area contributed by atoms with E-state index < -0.39 is 0 Å². The number of hydrogen-bond acceptors (Lipinski definition) is 0. The Morgan fingerprint density at radius 1 is 0.688 bits per heavy atom. The van der Waals surface area contributed by atoms with Gasteiger partial charge in [0.25, 0.3) is 0 Å². The molecule has 0 spiro atoms. The fourth-order valence-corrected chi connectivity index (χ4v) is 4.30. The lowest BCUT2D eigenvalue weighted by Crippen LogP contribution is -2.11. The molecule has 0 fully saturated rings. The highest BCUT2D eigenvalue weighted by Gasteiger charge is 2.10. The molecule has 0 radical (unpaired) electrons. The summed E-state index contributed by atoms with van der Waals surface area (Å²) >= 11 is 0. The highest BCUT2D eigenvalue weighted by Crippen LogP contribution is 2.33. The second-order valence-electron chi connectivity index (χ2n) is 4.44. The van der Waals surface area contributed by atoms with Crippen molar-refractivity contribution in [2.45, 2.75) is 0 Å². The van der Waals surface area contributed by atoms with Crippen molar-refractivity contribution < 1.29 is 0 Å². The van der Waals surface area contributed by atoms with Gasteiger partial charge in [-0.05, 0) is 48.0 Å². The highest BCUT2D eigenvalue weighted by molar-refractivity contribution is 7.66. The smallest absolute Gasteiger partial charge is 0.00304 e. The first-order valence-electron chi connectivity index (χ1n) is 5.47. The molecule has 0 aromatic heterocycles. The van der Waals surface area contributed by atoms with Crippen LogP contribution in [0.25, 0.3) is 10.8 Å². The zero-order valence-corrected chi connectivity index (χ0v) is 12.1. The van der Waals surface area contributed by atoms with Gasteiger partial charge in [-0.3, -0.25) is 0 Å². The van der Waals surface area contributed by atoms with E-state index in [0.717, 1.165) is 0 Å². The summed E-state index contributed by atoms with van der Waals surface area (Å²) < 4.78 is 0. The van der Waals surface area contributed by atoms with Gasteiger partial charge >= 0.3 is 0 Å². The van der Waals surface area contributed by atoms with Crippen molar-refractivity contribution in [3.63, 3.8) is 0 Å². The lowest BCUT2D eigenvalue weighted by atomic mass is 10.1. The molecule has 2 rings (SSSR count). The van der Waals surface area contributed by atoms with E-state index in [9.17, 15) is 0 Å². The van der Waals surface area contributed by atoms with Crippen molar-refractivity contribution in [2.24, 2.45) is 0 Å². The summed E-state index contributed by atoms with van der Waals surface area (Å²) in [6, 6.07) is 13.5. The topological polar surface area (TPSA) is 0 Å². The van der Waals surface area contributed by atoms with Gasteiger partial charge in [0.05, 0.1) is 0 Å². The van der Waals surface area contributed by atoms with E-state index in [1.165, 1.54) is 10.8 Å². The molecule has 0 nitrogen and oxygen atoms in total. The van der Waals surface area contributed by atoms with Crippen LogP contribution in [0.2, 0.25) is 0 Å². The third-order valence-corrected chi connectivity index (χ3v) is 5.50. The van der Waals surface area contributed by atoms with E-state index in [2.05, 4.69) is 63.1 Å². The third-order valence-electron chi connectivity index (χ3n) is 2.82. The maximum Gasteiger partial charge on any atom is -0.00304 e. The molecule has 0 bridgehead atoms. The summed E-state index contributed by atoms with van der Waals surface area (Å²) in [6.07, 6.45) is 0. The Kier molecular flexibility index (Phi) is 3.63. The Balaban J connectivity index is 2.82. The number of rotatable bonds is 2. The van der Waals surface area contributed by atoms with E-state index in [0.29, 0.717) is 0 Å². The SMILES string of the molecule is CP(C)c1cccc2cccc(P(C)C)c12. The maximum atomic E-state index is 2.34. The van der Waals surface area contributed by atoms with Gasteiger partial charge < -0.3 is 0 Å². The van der Waals surface area contributed by atoms with Crippen LogP contribution >= 0.6 is 15.8 Å². The molecule has 2 heteroatoms. The fourth-order valence-electron chi connectivity index (χ4n) is 2.05. The van der Waals surface area contributed by atoms with E-state index >= 15 is 0 Å². The Morgan fingerprint density at radius 2 is 1.12 bits per heavy atom. The van der Waals surface area contributed by atoms with Crippen molar-refractivity contribution in [3.05, 3.63) is 36.4 Å². The molecule has 0 amide bonds. The normalized spacial score (nSPS) is 11.6. The van der Waals surface area contributed by atoms with Gasteiger partial charge in [0.1, 0.15) is 0 Å². The second-order valence-corrected chi connectivity index (χ2v) is 8.98. The molecule has 0 aliphatic carbocycles. The zero-order chi connectivity index (χ0) is 11.7. The summed E-state index contributed by atoms with van der Waals surface area (Å²) in [4.78, 5) is 0. The lowest BCUT2D eigenvalue weighted by Gasteiger charge is -2.16. The number of hydrogen-bond donors (Lipinski definition) is 0. The summed E-state index contributed by atoms with van der Waals surface area (Å²) in [7, 11) is -0.0520. The molecule has 0 saturated carbocycles. The second kappa shape index (κ2) is 4.82. The van der Waals surface area contributed by atoms with E-state index in [1.807, 2.05) is 0 Å². The molecule has 0 atom stereocenters. The zero-order valence-electron chi connectivity index (χ0n) is 10.4. The quantitative estimate of drug-likeness (QED) is 0.713. The van der Waals surface area contributed by atoms with Crippen LogP contribution in [-0.2, 0) is 0 Å². The van der Waals surface area contributed by atoms with Crippen molar-refractivity contribution in [3.8, 4) is 0 Å². The molecule has 0 saturated heterocycles. The average Bonchev–Trinajstić information content (AvgIpc) is 2.27. The molecule has 0 aliphatic heterocycles. The molecule has 84 valence electrons. The molecular formula is C14H18P2. The van der Waals surface area contributed by atoms with Crippen LogP contribution in [0.4, 0.5) is 0 Å². The van der Waals surface area contributed by atoms with Gasteiger partial charge in [0.15, 0.2) is 0 Å². The predicted octanol–water partition coefficient (Wildman–Crippen LogP) is 3.57. The first-order chi connectivity index (χ1) is 7.61. The molecule has 16 heavy (non-hydrogen) atoms. The molecular weight excluding hydrogens is 230 g/mol. The van der Waals surface area contributed by atoms with Gasteiger partial charge in [0.2, 0.25) is 0 Å². The monoisotopic (exact) mass is 248 g/mol. The van der Waals surface area contributed by atoms with Gasteiger partial charge in [-0.1, -0.05) is 52.2 Å². The van der Waals surface area contributed by atoms with E-state index in [4.69, 9.17) is 0 Å². The Hall–Kier alpha value is -0.440. The van der Waals surface area contributed by atoms with Crippen LogP contribution in [0, 0.1) is 0 Å². The van der Waals surface area contributed by atoms with Gasteiger partial charge in [-0.15, -0.1) is 0 Å². The van der Waals surface area contributed by atoms with Gasteiger partial charge in [-0.25, -0.2) is 0 Å². The van der Waals surface area contributed by atoms with Crippen LogP contribution in [0.1, 0.15) is 0 Å². The predicted molar refractivity (Wildman–Crippen MR) is 80.8 cm³/mol. The number of benzene rings is 2. The van der Waals surface area contributed by atoms with Crippen molar-refractivity contribution >= 4 is 37.2 Å². The first-order valence-corrected chi connectivity index (χ1v) is 9.95. The van der Waals surface area contributed by atoms with Crippen LogP contribution in [0.15, 0.2) is 36.4 Å². The summed E-state index contributed by atoms with van der Waals surface area (Å²) in [5.41, 5.74) is 0. The highest BCUT2D eigenvalue weighted by atomic mass is 31.1. The van der Waals surface area contributed by atoms with Crippen molar-refractivity contribution in [1.29, 1.82) is 0 Å². The van der Waals surface area contributed by atoms with Crippen LogP contribution in [-0.4, -0.2) is 26.7 Å². The molecule has 0 heterocycles. The van der Waals surface area contributed by atoms with Crippen molar-refractivity contribution in [2.75, 3.05) is 26.7 Å². The Morgan fingerprint density at radius 3 is 1.50 bits per heavy atom. The standard InChI is InChI=1S/C14H18P2/c1-15(2)12-9-5-7-11-8-6-10-13(14(11)12)16(3)4/h5-10H,1-4H3. The largest absolute Gasteiger partial charge is 0.0810 e. The van der Waals surface area contributed by atoms with E-state index in [1.54, 1.807) is 10.6 Å². The Bertz CT molecular complexity index is 458. The minimum Gasteiger partial charge on any atom is -0.0810 e. The average molecular weight is 248 g/mol.